The summed E-state index contributed by atoms with van der Waals surface area (Å²) in [7, 11) is 0. The first-order valence-corrected chi connectivity index (χ1v) is 12.6. The van der Waals surface area contributed by atoms with Crippen LogP contribution < -0.4 is 5.32 Å². The van der Waals surface area contributed by atoms with E-state index in [0.29, 0.717) is 6.54 Å². The number of fused-ring (bicyclic) bond motifs is 5. The van der Waals surface area contributed by atoms with E-state index in [-0.39, 0.29) is 42.7 Å². The van der Waals surface area contributed by atoms with Gasteiger partial charge < -0.3 is 20.1 Å². The van der Waals surface area contributed by atoms with E-state index in [1.807, 2.05) is 29.2 Å². The van der Waals surface area contributed by atoms with Crippen molar-refractivity contribution in [3.05, 3.63) is 59.7 Å². The minimum absolute atomic E-state index is 0.0134. The summed E-state index contributed by atoms with van der Waals surface area (Å²) < 4.78 is 5.61. The molecule has 2 aliphatic heterocycles. The molecular formula is C28H30N2O5. The molecule has 2 aliphatic carbocycles. The highest BCUT2D eigenvalue weighted by molar-refractivity contribution is 5.85. The van der Waals surface area contributed by atoms with Gasteiger partial charge in [0.25, 0.3) is 0 Å². The van der Waals surface area contributed by atoms with Gasteiger partial charge in [-0.15, -0.1) is 0 Å². The van der Waals surface area contributed by atoms with Gasteiger partial charge in [0.05, 0.1) is 12.0 Å². The predicted molar refractivity (Wildman–Crippen MR) is 129 cm³/mol. The third kappa shape index (κ3) is 3.77. The summed E-state index contributed by atoms with van der Waals surface area (Å²) in [6, 6.07) is 16.6. The van der Waals surface area contributed by atoms with Crippen LogP contribution in [0.4, 0.5) is 4.79 Å². The van der Waals surface area contributed by atoms with Gasteiger partial charge in [-0.25, -0.2) is 4.79 Å². The summed E-state index contributed by atoms with van der Waals surface area (Å²) in [5.41, 5.74) is 4.22. The summed E-state index contributed by atoms with van der Waals surface area (Å²) in [5.74, 6) is -0.791. The maximum atomic E-state index is 13.2. The van der Waals surface area contributed by atoms with E-state index in [1.165, 1.54) is 22.3 Å². The van der Waals surface area contributed by atoms with Crippen molar-refractivity contribution in [3.63, 3.8) is 0 Å². The molecule has 2 unspecified atom stereocenters. The summed E-state index contributed by atoms with van der Waals surface area (Å²) in [6.45, 7) is 0.664. The molecule has 7 heteroatoms. The Kier molecular flexibility index (Phi) is 5.31. The Morgan fingerprint density at radius 2 is 1.63 bits per heavy atom. The van der Waals surface area contributed by atoms with E-state index in [4.69, 9.17) is 4.74 Å². The first kappa shape index (κ1) is 22.1. The maximum Gasteiger partial charge on any atom is 0.407 e. The van der Waals surface area contributed by atoms with E-state index in [9.17, 15) is 19.5 Å². The number of carbonyl (C=O) groups excluding carboxylic acids is 2. The largest absolute Gasteiger partial charge is 0.481 e. The van der Waals surface area contributed by atoms with Crippen LogP contribution in [0.3, 0.4) is 0 Å². The zero-order valence-electron chi connectivity index (χ0n) is 19.6. The van der Waals surface area contributed by atoms with E-state index < -0.39 is 17.6 Å². The molecule has 1 saturated carbocycles. The van der Waals surface area contributed by atoms with Crippen LogP contribution in [0.1, 0.15) is 55.6 Å². The fourth-order valence-electron chi connectivity index (χ4n) is 6.80. The maximum absolute atomic E-state index is 13.2. The highest BCUT2D eigenvalue weighted by atomic mass is 16.5. The summed E-state index contributed by atoms with van der Waals surface area (Å²) in [4.78, 5) is 39.0. The number of carbonyl (C=O) groups is 3. The van der Waals surface area contributed by atoms with E-state index in [2.05, 4.69) is 29.6 Å². The quantitative estimate of drug-likeness (QED) is 0.628. The molecule has 182 valence electrons. The molecular weight excluding hydrogens is 444 g/mol. The first-order chi connectivity index (χ1) is 17.0. The molecule has 6 rings (SSSR count). The Hall–Kier alpha value is -3.35. The van der Waals surface area contributed by atoms with Crippen molar-refractivity contribution >= 4 is 18.0 Å². The Morgan fingerprint density at radius 1 is 1.00 bits per heavy atom. The van der Waals surface area contributed by atoms with Crippen LogP contribution in [0.15, 0.2) is 48.5 Å². The van der Waals surface area contributed by atoms with Crippen molar-refractivity contribution < 1.29 is 24.2 Å². The Balaban J connectivity index is 1.02. The lowest BCUT2D eigenvalue weighted by Crippen LogP contribution is -2.47. The number of nitrogens with zero attached hydrogens (tertiary/aromatic N) is 1. The van der Waals surface area contributed by atoms with Crippen molar-refractivity contribution in [1.82, 2.24) is 10.2 Å². The Bertz CT molecular complexity index is 1140. The molecule has 2 N–H and O–H groups in total. The normalized spacial score (nSPS) is 27.9. The molecule has 2 bridgehead atoms. The second-order valence-electron chi connectivity index (χ2n) is 10.5. The number of hydrogen-bond acceptors (Lipinski definition) is 4. The van der Waals surface area contributed by atoms with Gasteiger partial charge in [-0.3, -0.25) is 9.59 Å². The number of alkyl carbamates (subject to hydrolysis) is 1. The van der Waals surface area contributed by atoms with Crippen molar-refractivity contribution in [2.24, 2.45) is 11.8 Å². The number of benzene rings is 2. The lowest BCUT2D eigenvalue weighted by molar-refractivity contribution is -0.143. The SMILES string of the molecule is O=C(O)CC12CCC(CC1)N2C(=O)C1CC1CNC(=O)OCC1c2ccccc2-c2ccccc21. The van der Waals surface area contributed by atoms with Crippen molar-refractivity contribution in [2.45, 2.75) is 56.0 Å². The summed E-state index contributed by atoms with van der Waals surface area (Å²) in [6.07, 6.45) is 3.66. The number of carboxylic acid groups (broad SMARTS) is 1. The smallest absolute Gasteiger partial charge is 0.407 e. The van der Waals surface area contributed by atoms with Gasteiger partial charge in [-0.1, -0.05) is 48.5 Å². The molecule has 0 aromatic heterocycles. The molecule has 2 atom stereocenters. The van der Waals surface area contributed by atoms with Crippen LogP contribution in [-0.2, 0) is 14.3 Å². The molecule has 2 saturated heterocycles. The van der Waals surface area contributed by atoms with E-state index in [0.717, 1.165) is 32.1 Å². The minimum atomic E-state index is -0.838. The van der Waals surface area contributed by atoms with Crippen LogP contribution in [0.2, 0.25) is 0 Å². The van der Waals surface area contributed by atoms with Crippen molar-refractivity contribution in [1.29, 1.82) is 0 Å². The molecule has 0 radical (unpaired) electrons. The van der Waals surface area contributed by atoms with Gasteiger partial charge in [0.1, 0.15) is 6.61 Å². The molecule has 2 aromatic rings. The van der Waals surface area contributed by atoms with Gasteiger partial charge in [0.15, 0.2) is 0 Å². The molecule has 4 aliphatic rings. The third-order valence-corrected chi connectivity index (χ3v) is 8.57. The Labute approximate surface area is 204 Å². The number of nitrogens with one attached hydrogen (secondary N) is 1. The number of ether oxygens (including phenoxy) is 1. The highest BCUT2D eigenvalue weighted by Crippen LogP contribution is 2.52. The molecule has 3 fully saturated rings. The van der Waals surface area contributed by atoms with Crippen LogP contribution in [0.25, 0.3) is 11.1 Å². The number of amides is 2. The minimum Gasteiger partial charge on any atom is -0.481 e. The number of aliphatic carboxylic acids is 1. The average molecular weight is 475 g/mol. The number of hydrogen-bond donors (Lipinski definition) is 2. The Morgan fingerprint density at radius 3 is 2.26 bits per heavy atom. The topological polar surface area (TPSA) is 95.9 Å². The molecule has 35 heavy (non-hydrogen) atoms. The van der Waals surface area contributed by atoms with Crippen molar-refractivity contribution in [3.8, 4) is 11.1 Å². The lowest BCUT2D eigenvalue weighted by atomic mass is 9.85. The molecule has 2 aromatic carbocycles. The zero-order valence-corrected chi connectivity index (χ0v) is 19.6. The highest BCUT2D eigenvalue weighted by Gasteiger charge is 2.58. The molecule has 2 amide bonds. The average Bonchev–Trinajstić information content (AvgIpc) is 3.31. The number of rotatable bonds is 7. The molecule has 0 spiro atoms. The van der Waals surface area contributed by atoms with E-state index in [1.54, 1.807) is 0 Å². The first-order valence-electron chi connectivity index (χ1n) is 12.6. The number of carboxylic acids is 1. The van der Waals surface area contributed by atoms with Gasteiger partial charge in [0, 0.05) is 24.4 Å². The van der Waals surface area contributed by atoms with E-state index >= 15 is 0 Å². The fraction of sp³-hybridized carbons (Fsp3) is 0.464. The second-order valence-corrected chi connectivity index (χ2v) is 10.5. The van der Waals surface area contributed by atoms with Crippen LogP contribution in [-0.4, -0.2) is 52.7 Å². The van der Waals surface area contributed by atoms with Crippen LogP contribution >= 0.6 is 0 Å². The standard InChI is InChI=1S/C28H30N2O5/c31-25(32)14-28-11-9-18(10-12-28)30(28)26(33)23-13-17(23)15-29-27(34)35-16-24-21-7-3-1-5-19(21)20-6-2-4-8-22(20)24/h1-8,17-18,23-24H,9-16H2,(H,29,34)(H,31,32). The third-order valence-electron chi connectivity index (χ3n) is 8.57. The molecule has 2 heterocycles. The predicted octanol–water partition coefficient (Wildman–Crippen LogP) is 4.16. The zero-order chi connectivity index (χ0) is 24.2. The fourth-order valence-corrected chi connectivity index (χ4v) is 6.80. The van der Waals surface area contributed by atoms with Crippen molar-refractivity contribution in [2.75, 3.05) is 13.2 Å². The van der Waals surface area contributed by atoms with Gasteiger partial charge in [-0.05, 0) is 60.3 Å². The second kappa shape index (κ2) is 8.40. The summed E-state index contributed by atoms with van der Waals surface area (Å²) >= 11 is 0. The van der Waals surface area contributed by atoms with Crippen LogP contribution in [0, 0.1) is 11.8 Å². The monoisotopic (exact) mass is 474 g/mol. The van der Waals surface area contributed by atoms with Gasteiger partial charge in [0.2, 0.25) is 5.91 Å². The lowest BCUT2D eigenvalue weighted by Gasteiger charge is -2.34. The van der Waals surface area contributed by atoms with Gasteiger partial charge >= 0.3 is 12.1 Å². The summed E-state index contributed by atoms with van der Waals surface area (Å²) in [5, 5.41) is 12.2. The molecule has 7 nitrogen and oxygen atoms in total. The van der Waals surface area contributed by atoms with Crippen LogP contribution in [0.5, 0.6) is 0 Å². The van der Waals surface area contributed by atoms with Gasteiger partial charge in [-0.2, -0.15) is 0 Å².